The van der Waals surface area contributed by atoms with Gasteiger partial charge >= 0.3 is 0 Å². The average Bonchev–Trinajstić information content (AvgIpc) is 3.17. The second-order valence-corrected chi connectivity index (χ2v) is 6.66. The van der Waals surface area contributed by atoms with Crippen LogP contribution in [0.1, 0.15) is 28.6 Å². The molecule has 150 valence electrons. The molecule has 0 spiro atoms. The summed E-state index contributed by atoms with van der Waals surface area (Å²) in [5, 5.41) is 10.3. The zero-order chi connectivity index (χ0) is 20.9. The van der Waals surface area contributed by atoms with Crippen molar-refractivity contribution in [1.82, 2.24) is 10.6 Å². The molecule has 0 saturated carbocycles. The molecule has 0 aliphatic rings. The zero-order valence-electron chi connectivity index (χ0n) is 16.8. The Kier molecular flexibility index (Phi) is 5.57. The van der Waals surface area contributed by atoms with Gasteiger partial charge in [-0.1, -0.05) is 65.8 Å². The molecule has 4 aromatic rings. The molecule has 6 heteroatoms. The van der Waals surface area contributed by atoms with Crippen LogP contribution < -0.4 is 10.2 Å². The van der Waals surface area contributed by atoms with Gasteiger partial charge in [0.2, 0.25) is 0 Å². The minimum atomic E-state index is -0.387. The molecule has 0 radical (unpaired) electrons. The standard InChI is InChI=1S/C24H21N3O3/c1-3-29-21-14-13-17-9-7-8-12-19(17)20(21)15-25-26-24(28)22-16(2)30-27-23(22)18-10-5-4-6-11-18/h4-15H,3H2,1-2H3,(H,26,28)/b25-15+. The fourth-order valence-electron chi connectivity index (χ4n) is 3.33. The van der Waals surface area contributed by atoms with Crippen LogP contribution in [0.3, 0.4) is 0 Å². The molecule has 0 aliphatic carbocycles. The van der Waals surface area contributed by atoms with E-state index in [9.17, 15) is 4.79 Å². The second-order valence-electron chi connectivity index (χ2n) is 6.66. The van der Waals surface area contributed by atoms with E-state index < -0.39 is 0 Å². The summed E-state index contributed by atoms with van der Waals surface area (Å²) in [7, 11) is 0. The van der Waals surface area contributed by atoms with Crippen LogP contribution in [0.25, 0.3) is 22.0 Å². The van der Waals surface area contributed by atoms with Crippen LogP contribution in [0.4, 0.5) is 0 Å². The number of hydrazone groups is 1. The van der Waals surface area contributed by atoms with Crippen LogP contribution in [0, 0.1) is 6.92 Å². The highest BCUT2D eigenvalue weighted by molar-refractivity contribution is 6.04. The van der Waals surface area contributed by atoms with Gasteiger partial charge in [0.1, 0.15) is 22.8 Å². The normalized spacial score (nSPS) is 11.1. The van der Waals surface area contributed by atoms with Gasteiger partial charge in [-0.2, -0.15) is 5.10 Å². The molecule has 0 atom stereocenters. The van der Waals surface area contributed by atoms with Crippen molar-refractivity contribution in [3.8, 4) is 17.0 Å². The minimum absolute atomic E-state index is 0.362. The van der Waals surface area contributed by atoms with E-state index in [0.717, 1.165) is 21.9 Å². The molecular weight excluding hydrogens is 378 g/mol. The highest BCUT2D eigenvalue weighted by Gasteiger charge is 2.21. The summed E-state index contributed by atoms with van der Waals surface area (Å²) in [5.74, 6) is 0.754. The molecule has 30 heavy (non-hydrogen) atoms. The number of carbonyl (C=O) groups excluding carboxylic acids is 1. The summed E-state index contributed by atoms with van der Waals surface area (Å²) in [5.41, 5.74) is 5.05. The van der Waals surface area contributed by atoms with E-state index in [2.05, 4.69) is 15.7 Å². The summed E-state index contributed by atoms with van der Waals surface area (Å²) >= 11 is 0. The first kappa shape index (κ1) is 19.4. The molecule has 3 aromatic carbocycles. The third-order valence-corrected chi connectivity index (χ3v) is 4.73. The lowest BCUT2D eigenvalue weighted by Crippen LogP contribution is -2.19. The Morgan fingerprint density at radius 3 is 2.67 bits per heavy atom. The lowest BCUT2D eigenvalue weighted by Gasteiger charge is -2.10. The average molecular weight is 399 g/mol. The molecule has 0 bridgehead atoms. The van der Waals surface area contributed by atoms with Crippen LogP contribution in [0.5, 0.6) is 5.75 Å². The molecule has 0 fully saturated rings. The van der Waals surface area contributed by atoms with E-state index >= 15 is 0 Å². The van der Waals surface area contributed by atoms with Crippen molar-refractivity contribution in [1.29, 1.82) is 0 Å². The number of aryl methyl sites for hydroxylation is 1. The third-order valence-electron chi connectivity index (χ3n) is 4.73. The van der Waals surface area contributed by atoms with Crippen molar-refractivity contribution in [3.05, 3.63) is 83.6 Å². The highest BCUT2D eigenvalue weighted by atomic mass is 16.5. The number of amides is 1. The molecule has 1 amide bonds. The van der Waals surface area contributed by atoms with Crippen LogP contribution in [0.2, 0.25) is 0 Å². The first-order valence-corrected chi connectivity index (χ1v) is 9.68. The number of nitrogens with zero attached hydrogens (tertiary/aromatic N) is 2. The molecule has 0 aliphatic heterocycles. The first-order valence-electron chi connectivity index (χ1n) is 9.68. The fourth-order valence-corrected chi connectivity index (χ4v) is 3.33. The van der Waals surface area contributed by atoms with Crippen molar-refractivity contribution < 1.29 is 14.1 Å². The molecule has 4 rings (SSSR count). The first-order chi connectivity index (χ1) is 14.7. The molecule has 0 saturated heterocycles. The van der Waals surface area contributed by atoms with E-state index in [0.29, 0.717) is 29.4 Å². The Balaban J connectivity index is 1.63. The van der Waals surface area contributed by atoms with Gasteiger partial charge in [0, 0.05) is 11.1 Å². The van der Waals surface area contributed by atoms with Gasteiger partial charge in [0.25, 0.3) is 5.91 Å². The van der Waals surface area contributed by atoms with Crippen LogP contribution >= 0.6 is 0 Å². The zero-order valence-corrected chi connectivity index (χ0v) is 16.8. The predicted octanol–water partition coefficient (Wildman–Crippen LogP) is 4.97. The number of hydrogen-bond donors (Lipinski definition) is 1. The number of nitrogens with one attached hydrogen (secondary N) is 1. The van der Waals surface area contributed by atoms with Gasteiger partial charge < -0.3 is 9.26 Å². The molecule has 1 heterocycles. The van der Waals surface area contributed by atoms with E-state index in [1.165, 1.54) is 0 Å². The third kappa shape index (κ3) is 3.80. The number of ether oxygens (including phenoxy) is 1. The molecule has 6 nitrogen and oxygen atoms in total. The van der Waals surface area contributed by atoms with Gasteiger partial charge in [0.15, 0.2) is 0 Å². The Labute approximate surface area is 174 Å². The SMILES string of the molecule is CCOc1ccc2ccccc2c1/C=N/NC(=O)c1c(-c2ccccc2)noc1C. The maximum absolute atomic E-state index is 12.8. The molecule has 0 unspecified atom stereocenters. The smallest absolute Gasteiger partial charge is 0.277 e. The Morgan fingerprint density at radius 2 is 1.87 bits per heavy atom. The van der Waals surface area contributed by atoms with Gasteiger partial charge in [-0.25, -0.2) is 5.43 Å². The summed E-state index contributed by atoms with van der Waals surface area (Å²) in [6.45, 7) is 4.17. The van der Waals surface area contributed by atoms with Crippen molar-refractivity contribution in [2.24, 2.45) is 5.10 Å². The fraction of sp³-hybridized carbons (Fsp3) is 0.125. The largest absolute Gasteiger partial charge is 0.493 e. The Morgan fingerprint density at radius 1 is 1.10 bits per heavy atom. The molecule has 1 N–H and O–H groups in total. The van der Waals surface area contributed by atoms with Gasteiger partial charge in [-0.15, -0.1) is 0 Å². The van der Waals surface area contributed by atoms with Crippen LogP contribution in [-0.4, -0.2) is 23.9 Å². The number of hydrogen-bond acceptors (Lipinski definition) is 5. The number of fused-ring (bicyclic) bond motifs is 1. The van der Waals surface area contributed by atoms with Crippen molar-refractivity contribution >= 4 is 22.9 Å². The number of carbonyl (C=O) groups is 1. The maximum atomic E-state index is 12.8. The predicted molar refractivity (Wildman–Crippen MR) is 117 cm³/mol. The summed E-state index contributed by atoms with van der Waals surface area (Å²) in [6, 6.07) is 21.3. The summed E-state index contributed by atoms with van der Waals surface area (Å²) in [6.07, 6.45) is 1.61. The highest BCUT2D eigenvalue weighted by Crippen LogP contribution is 2.27. The second kappa shape index (κ2) is 8.61. The minimum Gasteiger partial charge on any atom is -0.493 e. The van der Waals surface area contributed by atoms with Crippen LogP contribution in [0.15, 0.2) is 76.4 Å². The van der Waals surface area contributed by atoms with Gasteiger partial charge in [0.05, 0.1) is 12.8 Å². The van der Waals surface area contributed by atoms with Crippen molar-refractivity contribution in [3.63, 3.8) is 0 Å². The van der Waals surface area contributed by atoms with Crippen molar-refractivity contribution in [2.75, 3.05) is 6.61 Å². The molecule has 1 aromatic heterocycles. The van der Waals surface area contributed by atoms with E-state index in [1.54, 1.807) is 13.1 Å². The Hall–Kier alpha value is -3.93. The summed E-state index contributed by atoms with van der Waals surface area (Å²) < 4.78 is 11.0. The maximum Gasteiger partial charge on any atom is 0.277 e. The number of benzene rings is 3. The van der Waals surface area contributed by atoms with Crippen LogP contribution in [-0.2, 0) is 0 Å². The van der Waals surface area contributed by atoms with E-state index in [-0.39, 0.29) is 5.91 Å². The quantitative estimate of drug-likeness (QED) is 0.367. The van der Waals surface area contributed by atoms with Crippen molar-refractivity contribution in [2.45, 2.75) is 13.8 Å². The van der Waals surface area contributed by atoms with Gasteiger partial charge in [-0.05, 0) is 30.7 Å². The lowest BCUT2D eigenvalue weighted by atomic mass is 10.0. The number of rotatable bonds is 6. The molecular formula is C24H21N3O3. The lowest BCUT2D eigenvalue weighted by molar-refractivity contribution is 0.0954. The van der Waals surface area contributed by atoms with E-state index in [1.807, 2.05) is 73.7 Å². The monoisotopic (exact) mass is 399 g/mol. The topological polar surface area (TPSA) is 76.7 Å². The summed E-state index contributed by atoms with van der Waals surface area (Å²) in [4.78, 5) is 12.8. The number of aromatic nitrogens is 1. The van der Waals surface area contributed by atoms with E-state index in [4.69, 9.17) is 9.26 Å². The Bertz CT molecular complexity index is 1210. The van der Waals surface area contributed by atoms with Gasteiger partial charge in [-0.3, -0.25) is 4.79 Å².